The van der Waals surface area contributed by atoms with Crippen molar-refractivity contribution in [2.45, 2.75) is 25.8 Å². The monoisotopic (exact) mass is 126 g/mol. The lowest BCUT2D eigenvalue weighted by Gasteiger charge is -1.89. The molecule has 0 heterocycles. The molecule has 0 unspecified atom stereocenters. The highest BCUT2D eigenvalue weighted by Gasteiger charge is 2.19. The summed E-state index contributed by atoms with van der Waals surface area (Å²) in [4.78, 5) is 10.3. The van der Waals surface area contributed by atoms with Crippen LogP contribution in [0.4, 0.5) is 0 Å². The van der Waals surface area contributed by atoms with Crippen molar-refractivity contribution in [3.05, 3.63) is 0 Å². The Bertz CT molecular complexity index is 138. The maximum Gasteiger partial charge on any atom is 0.172 e. The third-order valence-corrected chi connectivity index (χ3v) is 1.08. The summed E-state index contributed by atoms with van der Waals surface area (Å²) >= 11 is 0. The fourth-order valence-corrected chi connectivity index (χ4v) is 0.446. The smallest absolute Gasteiger partial charge is 0.172 e. The topological polar surface area (TPSA) is 41.5 Å². The summed E-state index contributed by atoms with van der Waals surface area (Å²) in [6.45, 7) is 1.48. The molecule has 1 N–H and O–H groups in total. The molecule has 0 amide bonds. The van der Waals surface area contributed by atoms with Crippen molar-refractivity contribution in [3.8, 4) is 0 Å². The zero-order valence-electron chi connectivity index (χ0n) is 5.42. The van der Waals surface area contributed by atoms with Crippen molar-refractivity contribution in [1.29, 1.82) is 0 Å². The number of carbonyl (C=O) groups is 1. The molecule has 0 aromatic rings. The Morgan fingerprint density at radius 1 is 1.78 bits per heavy atom. The van der Waals surface area contributed by atoms with E-state index in [-0.39, 0.29) is 5.78 Å². The largest absolute Gasteiger partial charge is 0.307 e. The predicted molar refractivity (Wildman–Crippen MR) is 35.3 cm³/mol. The second-order valence-electron chi connectivity index (χ2n) is 2.27. The Kier molecular flexibility index (Phi) is 1.82. The van der Waals surface area contributed by atoms with Crippen molar-refractivity contribution in [2.24, 2.45) is 5.10 Å². The molecule has 0 atom stereocenters. The molecule has 0 bridgehead atoms. The fourth-order valence-electron chi connectivity index (χ4n) is 0.446. The van der Waals surface area contributed by atoms with E-state index in [0.717, 1.165) is 0 Å². The van der Waals surface area contributed by atoms with Gasteiger partial charge in [-0.1, -0.05) is 0 Å². The quantitative estimate of drug-likeness (QED) is 0.437. The molecule has 0 spiro atoms. The van der Waals surface area contributed by atoms with Crippen molar-refractivity contribution in [2.75, 3.05) is 0 Å². The maximum atomic E-state index is 10.3. The van der Waals surface area contributed by atoms with Gasteiger partial charge in [-0.3, -0.25) is 4.79 Å². The highest BCUT2D eigenvalue weighted by atomic mass is 16.1. The number of nitrogens with zero attached hydrogens (tertiary/aromatic N) is 1. The highest BCUT2D eigenvalue weighted by Crippen LogP contribution is 2.17. The first-order valence-corrected chi connectivity index (χ1v) is 3.08. The van der Waals surface area contributed by atoms with Crippen LogP contribution in [0.15, 0.2) is 5.10 Å². The lowest BCUT2D eigenvalue weighted by atomic mass is 10.5. The van der Waals surface area contributed by atoms with E-state index in [1.165, 1.54) is 26.0 Å². The summed E-state index contributed by atoms with van der Waals surface area (Å²) in [6, 6.07) is 0.542. The van der Waals surface area contributed by atoms with E-state index in [1.807, 2.05) is 0 Å². The summed E-state index contributed by atoms with van der Waals surface area (Å²) < 4.78 is 0. The van der Waals surface area contributed by atoms with Crippen LogP contribution in [-0.4, -0.2) is 18.0 Å². The molecule has 1 aliphatic rings. The predicted octanol–water partition coefficient (Wildman–Crippen LogP) is 0.313. The van der Waals surface area contributed by atoms with Crippen molar-refractivity contribution < 1.29 is 4.79 Å². The van der Waals surface area contributed by atoms with Crippen LogP contribution in [-0.2, 0) is 4.79 Å². The molecule has 3 heteroatoms. The summed E-state index contributed by atoms with van der Waals surface area (Å²) in [7, 11) is 0. The van der Waals surface area contributed by atoms with Crippen LogP contribution >= 0.6 is 0 Å². The summed E-state index contributed by atoms with van der Waals surface area (Å²) in [5.41, 5.74) is 2.84. The van der Waals surface area contributed by atoms with Crippen molar-refractivity contribution in [1.82, 2.24) is 5.43 Å². The first kappa shape index (κ1) is 6.26. The Labute approximate surface area is 54.1 Å². The van der Waals surface area contributed by atoms with Gasteiger partial charge in [0.1, 0.15) is 0 Å². The summed E-state index contributed by atoms with van der Waals surface area (Å²) in [6.07, 6.45) is 3.68. The molecule has 0 radical (unpaired) electrons. The van der Waals surface area contributed by atoms with E-state index in [2.05, 4.69) is 10.5 Å². The molecule has 0 aromatic carbocycles. The number of nitrogens with one attached hydrogen (secondary N) is 1. The Morgan fingerprint density at radius 2 is 2.44 bits per heavy atom. The van der Waals surface area contributed by atoms with E-state index in [0.29, 0.717) is 6.04 Å². The molecule has 1 saturated carbocycles. The first-order valence-electron chi connectivity index (χ1n) is 3.08. The standard InChI is InChI=1S/C6H10N2O/c1-5(9)4-7-8-6-2-3-6/h4,6,8H,2-3H2,1H3/b7-4+. The van der Waals surface area contributed by atoms with E-state index in [9.17, 15) is 4.79 Å². The Morgan fingerprint density at radius 3 is 2.89 bits per heavy atom. The summed E-state index contributed by atoms with van der Waals surface area (Å²) in [5.74, 6) is -0.0110. The van der Waals surface area contributed by atoms with Crippen LogP contribution in [0.1, 0.15) is 19.8 Å². The van der Waals surface area contributed by atoms with Gasteiger partial charge in [0.15, 0.2) is 5.78 Å². The van der Waals surface area contributed by atoms with Gasteiger partial charge in [0.05, 0.1) is 6.21 Å². The minimum Gasteiger partial charge on any atom is -0.307 e. The second kappa shape index (κ2) is 2.62. The number of ketones is 1. The van der Waals surface area contributed by atoms with E-state index >= 15 is 0 Å². The van der Waals surface area contributed by atoms with Gasteiger partial charge in [0.25, 0.3) is 0 Å². The first-order chi connectivity index (χ1) is 4.29. The van der Waals surface area contributed by atoms with Crippen LogP contribution < -0.4 is 5.43 Å². The van der Waals surface area contributed by atoms with Gasteiger partial charge in [-0.25, -0.2) is 0 Å². The van der Waals surface area contributed by atoms with Gasteiger partial charge >= 0.3 is 0 Å². The van der Waals surface area contributed by atoms with Gasteiger partial charge in [-0.05, 0) is 12.8 Å². The Balaban J connectivity index is 2.08. The fraction of sp³-hybridized carbons (Fsp3) is 0.667. The van der Waals surface area contributed by atoms with Crippen LogP contribution in [0.25, 0.3) is 0 Å². The molecule has 0 aromatic heterocycles. The molecule has 1 aliphatic carbocycles. The van der Waals surface area contributed by atoms with E-state index in [1.54, 1.807) is 0 Å². The van der Waals surface area contributed by atoms with Gasteiger partial charge in [0.2, 0.25) is 0 Å². The molecule has 0 aliphatic heterocycles. The average Bonchev–Trinajstić information content (AvgIpc) is 2.48. The molecule has 1 fully saturated rings. The lowest BCUT2D eigenvalue weighted by molar-refractivity contribution is -0.110. The van der Waals surface area contributed by atoms with Crippen LogP contribution in [0, 0.1) is 0 Å². The Hall–Kier alpha value is -0.860. The van der Waals surface area contributed by atoms with Gasteiger partial charge in [-0.15, -0.1) is 0 Å². The van der Waals surface area contributed by atoms with Gasteiger partial charge in [0, 0.05) is 13.0 Å². The molecule has 3 nitrogen and oxygen atoms in total. The van der Waals surface area contributed by atoms with Crippen LogP contribution in [0.2, 0.25) is 0 Å². The lowest BCUT2D eigenvalue weighted by Crippen LogP contribution is -2.08. The molecule has 9 heavy (non-hydrogen) atoms. The van der Waals surface area contributed by atoms with Gasteiger partial charge < -0.3 is 5.43 Å². The SMILES string of the molecule is CC(=O)/C=N/NC1CC1. The second-order valence-corrected chi connectivity index (χ2v) is 2.27. The summed E-state index contributed by atoms with van der Waals surface area (Å²) in [5, 5.41) is 3.71. The van der Waals surface area contributed by atoms with Crippen molar-refractivity contribution in [3.63, 3.8) is 0 Å². The number of hydrogen-bond acceptors (Lipinski definition) is 3. The zero-order valence-corrected chi connectivity index (χ0v) is 5.42. The van der Waals surface area contributed by atoms with Crippen LogP contribution in [0.3, 0.4) is 0 Å². The number of Topliss-reactive ketones (excluding diaryl/α,β-unsaturated/α-hetero) is 1. The average molecular weight is 126 g/mol. The minimum atomic E-state index is -0.0110. The maximum absolute atomic E-state index is 10.3. The molecule has 1 rings (SSSR count). The van der Waals surface area contributed by atoms with Crippen LogP contribution in [0.5, 0.6) is 0 Å². The number of hydrazone groups is 1. The third-order valence-electron chi connectivity index (χ3n) is 1.08. The highest BCUT2D eigenvalue weighted by molar-refractivity contribution is 6.26. The molecular weight excluding hydrogens is 116 g/mol. The minimum absolute atomic E-state index is 0.0110. The molecule has 0 saturated heterocycles. The normalized spacial score (nSPS) is 18.3. The van der Waals surface area contributed by atoms with Gasteiger partial charge in [-0.2, -0.15) is 5.10 Å². The molecular formula is C6H10N2O. The van der Waals surface area contributed by atoms with Crippen molar-refractivity contribution >= 4 is 12.0 Å². The number of carbonyl (C=O) groups excluding carboxylic acids is 1. The third kappa shape index (κ3) is 2.85. The number of rotatable bonds is 3. The number of hydrogen-bond donors (Lipinski definition) is 1. The van der Waals surface area contributed by atoms with E-state index < -0.39 is 0 Å². The van der Waals surface area contributed by atoms with E-state index in [4.69, 9.17) is 0 Å². The molecule has 50 valence electrons. The zero-order chi connectivity index (χ0) is 6.69.